The lowest BCUT2D eigenvalue weighted by Crippen LogP contribution is -2.50. The molecule has 2 aromatic rings. The predicted molar refractivity (Wildman–Crippen MR) is 108 cm³/mol. The maximum Gasteiger partial charge on any atom is 0.338 e. The Morgan fingerprint density at radius 3 is 2.14 bits per heavy atom. The molecular formula is C21H24N4O4. The maximum atomic E-state index is 12.6. The molecule has 0 aliphatic carbocycles. The van der Waals surface area contributed by atoms with Crippen LogP contribution in [0, 0.1) is 0 Å². The van der Waals surface area contributed by atoms with Crippen molar-refractivity contribution in [2.24, 2.45) is 0 Å². The third-order valence-electron chi connectivity index (χ3n) is 4.69. The molecule has 0 bridgehead atoms. The minimum atomic E-state index is -0.357. The molecular weight excluding hydrogens is 372 g/mol. The Balaban J connectivity index is 1.58. The molecule has 8 heteroatoms. The Labute approximate surface area is 169 Å². The summed E-state index contributed by atoms with van der Waals surface area (Å²) in [6.45, 7) is 5.78. The van der Waals surface area contributed by atoms with Crippen LogP contribution in [0.1, 0.15) is 34.6 Å². The van der Waals surface area contributed by atoms with E-state index in [1.807, 2.05) is 0 Å². The van der Waals surface area contributed by atoms with Crippen LogP contribution in [0.5, 0.6) is 0 Å². The van der Waals surface area contributed by atoms with Gasteiger partial charge in [0.05, 0.1) is 17.7 Å². The molecule has 3 rings (SSSR count). The molecule has 1 fully saturated rings. The largest absolute Gasteiger partial charge is 0.462 e. The molecule has 2 amide bonds. The number of anilines is 2. The number of piperazine rings is 1. The second-order valence-electron chi connectivity index (χ2n) is 6.65. The van der Waals surface area contributed by atoms with E-state index in [2.05, 4.69) is 10.3 Å². The quantitative estimate of drug-likeness (QED) is 0.780. The molecule has 0 radical (unpaired) electrons. The van der Waals surface area contributed by atoms with Gasteiger partial charge in [0.15, 0.2) is 0 Å². The molecule has 1 aromatic heterocycles. The zero-order chi connectivity index (χ0) is 20.8. The SMILES string of the molecule is CCOC(=O)c1ccc(Nc2ccc(C(=O)N3CCN(C(C)=O)CC3)cn2)cc1. The van der Waals surface area contributed by atoms with Crippen LogP contribution in [-0.4, -0.2) is 65.4 Å². The molecule has 1 saturated heterocycles. The van der Waals surface area contributed by atoms with E-state index in [1.165, 1.54) is 13.1 Å². The number of rotatable bonds is 5. The Bertz CT molecular complexity index is 873. The number of amides is 2. The third kappa shape index (κ3) is 5.10. The number of carbonyl (C=O) groups excluding carboxylic acids is 3. The van der Waals surface area contributed by atoms with Gasteiger partial charge in [0.2, 0.25) is 5.91 Å². The first-order chi connectivity index (χ1) is 14.0. The maximum absolute atomic E-state index is 12.6. The highest BCUT2D eigenvalue weighted by Crippen LogP contribution is 2.17. The van der Waals surface area contributed by atoms with E-state index in [0.29, 0.717) is 49.7 Å². The zero-order valence-electron chi connectivity index (χ0n) is 16.6. The lowest BCUT2D eigenvalue weighted by molar-refractivity contribution is -0.130. The number of benzene rings is 1. The van der Waals surface area contributed by atoms with E-state index < -0.39 is 0 Å². The van der Waals surface area contributed by atoms with Crippen molar-refractivity contribution in [3.8, 4) is 0 Å². The van der Waals surface area contributed by atoms with E-state index in [1.54, 1.807) is 53.1 Å². The van der Waals surface area contributed by atoms with Crippen LogP contribution in [0.15, 0.2) is 42.6 Å². The normalized spacial score (nSPS) is 13.7. The van der Waals surface area contributed by atoms with Gasteiger partial charge in [0, 0.05) is 45.0 Å². The third-order valence-corrected chi connectivity index (χ3v) is 4.69. The number of hydrogen-bond donors (Lipinski definition) is 1. The van der Waals surface area contributed by atoms with Crippen LogP contribution < -0.4 is 5.32 Å². The summed E-state index contributed by atoms with van der Waals surface area (Å²) >= 11 is 0. The van der Waals surface area contributed by atoms with Crippen LogP contribution in [0.3, 0.4) is 0 Å². The van der Waals surface area contributed by atoms with Gasteiger partial charge in [-0.15, -0.1) is 0 Å². The van der Waals surface area contributed by atoms with Gasteiger partial charge in [-0.1, -0.05) is 0 Å². The summed E-state index contributed by atoms with van der Waals surface area (Å²) in [5.41, 5.74) is 1.76. The van der Waals surface area contributed by atoms with Gasteiger partial charge < -0.3 is 19.9 Å². The number of esters is 1. The lowest BCUT2D eigenvalue weighted by Gasteiger charge is -2.34. The second-order valence-corrected chi connectivity index (χ2v) is 6.65. The van der Waals surface area contributed by atoms with Gasteiger partial charge in [-0.3, -0.25) is 9.59 Å². The Morgan fingerprint density at radius 2 is 1.59 bits per heavy atom. The molecule has 29 heavy (non-hydrogen) atoms. The van der Waals surface area contributed by atoms with E-state index in [-0.39, 0.29) is 17.8 Å². The van der Waals surface area contributed by atoms with E-state index in [9.17, 15) is 14.4 Å². The summed E-state index contributed by atoms with van der Waals surface area (Å²) in [5, 5.41) is 3.13. The van der Waals surface area contributed by atoms with Gasteiger partial charge in [-0.2, -0.15) is 0 Å². The number of nitrogens with one attached hydrogen (secondary N) is 1. The molecule has 0 atom stereocenters. The van der Waals surface area contributed by atoms with E-state index >= 15 is 0 Å². The standard InChI is InChI=1S/C21H24N4O4/c1-3-29-21(28)16-4-7-18(8-5-16)23-19-9-6-17(14-22-19)20(27)25-12-10-24(11-13-25)15(2)26/h4-9,14H,3,10-13H2,1-2H3,(H,22,23). The highest BCUT2D eigenvalue weighted by molar-refractivity contribution is 5.94. The Hall–Kier alpha value is -3.42. The predicted octanol–water partition coefficient (Wildman–Crippen LogP) is 2.31. The first-order valence-corrected chi connectivity index (χ1v) is 9.53. The van der Waals surface area contributed by atoms with Crippen LogP contribution >= 0.6 is 0 Å². The summed E-state index contributed by atoms with van der Waals surface area (Å²) in [6, 6.07) is 10.3. The van der Waals surface area contributed by atoms with Crippen LogP contribution in [-0.2, 0) is 9.53 Å². The molecule has 1 N–H and O–H groups in total. The van der Waals surface area contributed by atoms with Gasteiger partial charge in [0.25, 0.3) is 5.91 Å². The zero-order valence-corrected chi connectivity index (χ0v) is 16.6. The molecule has 8 nitrogen and oxygen atoms in total. The minimum absolute atomic E-state index is 0.0319. The van der Waals surface area contributed by atoms with Crippen LogP contribution in [0.4, 0.5) is 11.5 Å². The monoisotopic (exact) mass is 396 g/mol. The Kier molecular flexibility index (Phi) is 6.43. The van der Waals surface area contributed by atoms with Gasteiger partial charge >= 0.3 is 5.97 Å². The summed E-state index contributed by atoms with van der Waals surface area (Å²) in [4.78, 5) is 43.5. The summed E-state index contributed by atoms with van der Waals surface area (Å²) in [7, 11) is 0. The second kappa shape index (κ2) is 9.18. The lowest BCUT2D eigenvalue weighted by atomic mass is 10.2. The summed E-state index contributed by atoms with van der Waals surface area (Å²) in [5.74, 6) is 0.173. The van der Waals surface area contributed by atoms with Crippen molar-refractivity contribution in [2.75, 3.05) is 38.1 Å². The average molecular weight is 396 g/mol. The molecule has 0 spiro atoms. The van der Waals surface area contributed by atoms with Crippen molar-refractivity contribution in [2.45, 2.75) is 13.8 Å². The molecule has 0 saturated carbocycles. The fraction of sp³-hybridized carbons (Fsp3) is 0.333. The number of nitrogens with zero attached hydrogens (tertiary/aromatic N) is 3. The van der Waals surface area contributed by atoms with Crippen LogP contribution in [0.2, 0.25) is 0 Å². The topological polar surface area (TPSA) is 91.8 Å². The fourth-order valence-electron chi connectivity index (χ4n) is 3.05. The van der Waals surface area contributed by atoms with Gasteiger partial charge in [0.1, 0.15) is 5.82 Å². The number of carbonyl (C=O) groups is 3. The number of pyridine rings is 1. The average Bonchev–Trinajstić information content (AvgIpc) is 2.74. The number of ether oxygens (including phenoxy) is 1. The summed E-state index contributed by atoms with van der Waals surface area (Å²) < 4.78 is 4.96. The first kappa shape index (κ1) is 20.3. The van der Waals surface area contributed by atoms with Crippen molar-refractivity contribution >= 4 is 29.3 Å². The fourth-order valence-corrected chi connectivity index (χ4v) is 3.05. The summed E-state index contributed by atoms with van der Waals surface area (Å²) in [6.07, 6.45) is 1.54. The molecule has 1 aliphatic heterocycles. The van der Waals surface area contributed by atoms with Gasteiger partial charge in [-0.25, -0.2) is 9.78 Å². The molecule has 1 aromatic carbocycles. The van der Waals surface area contributed by atoms with Crippen molar-refractivity contribution in [1.82, 2.24) is 14.8 Å². The number of aromatic nitrogens is 1. The minimum Gasteiger partial charge on any atom is -0.462 e. The first-order valence-electron chi connectivity index (χ1n) is 9.53. The van der Waals surface area contributed by atoms with E-state index in [0.717, 1.165) is 5.69 Å². The van der Waals surface area contributed by atoms with E-state index in [4.69, 9.17) is 4.74 Å². The Morgan fingerprint density at radius 1 is 0.966 bits per heavy atom. The van der Waals surface area contributed by atoms with Crippen molar-refractivity contribution in [3.05, 3.63) is 53.7 Å². The smallest absolute Gasteiger partial charge is 0.338 e. The van der Waals surface area contributed by atoms with Crippen molar-refractivity contribution in [1.29, 1.82) is 0 Å². The van der Waals surface area contributed by atoms with Gasteiger partial charge in [-0.05, 0) is 43.3 Å². The van der Waals surface area contributed by atoms with Crippen LogP contribution in [0.25, 0.3) is 0 Å². The molecule has 1 aliphatic rings. The highest BCUT2D eigenvalue weighted by atomic mass is 16.5. The number of hydrogen-bond acceptors (Lipinski definition) is 6. The van der Waals surface area contributed by atoms with Crippen molar-refractivity contribution < 1.29 is 19.1 Å². The molecule has 0 unspecified atom stereocenters. The molecule has 2 heterocycles. The highest BCUT2D eigenvalue weighted by Gasteiger charge is 2.23. The molecule has 152 valence electrons. The van der Waals surface area contributed by atoms with Crippen molar-refractivity contribution in [3.63, 3.8) is 0 Å².